The summed E-state index contributed by atoms with van der Waals surface area (Å²) in [6.07, 6.45) is 5.77. The average molecular weight is 167 g/mol. The summed E-state index contributed by atoms with van der Waals surface area (Å²) < 4.78 is 0. The molecule has 2 atom stereocenters. The summed E-state index contributed by atoms with van der Waals surface area (Å²) in [5, 5.41) is 8.79. The Morgan fingerprint density at radius 3 is 2.25 bits per heavy atom. The number of hydrogen-bond donors (Lipinski definition) is 0. The SMILES string of the molecule is CCCC(C#N)CCC(C)CC. The molecular formula is C11H21N. The molecule has 0 rings (SSSR count). The molecule has 0 N–H and O–H groups in total. The summed E-state index contributed by atoms with van der Waals surface area (Å²) in [5.41, 5.74) is 0. The molecular weight excluding hydrogens is 146 g/mol. The lowest BCUT2D eigenvalue weighted by Gasteiger charge is -2.10. The van der Waals surface area contributed by atoms with E-state index in [9.17, 15) is 0 Å². The molecule has 0 aliphatic heterocycles. The van der Waals surface area contributed by atoms with Crippen LogP contribution in [0.2, 0.25) is 0 Å². The van der Waals surface area contributed by atoms with E-state index in [1.807, 2.05) is 0 Å². The maximum atomic E-state index is 8.79. The molecule has 0 spiro atoms. The van der Waals surface area contributed by atoms with E-state index in [2.05, 4.69) is 26.8 Å². The Morgan fingerprint density at radius 2 is 1.83 bits per heavy atom. The van der Waals surface area contributed by atoms with Crippen LogP contribution >= 0.6 is 0 Å². The predicted molar refractivity (Wildman–Crippen MR) is 52.7 cm³/mol. The lowest BCUT2D eigenvalue weighted by molar-refractivity contribution is 0.434. The average Bonchev–Trinajstić information content (AvgIpc) is 2.11. The second kappa shape index (κ2) is 7.16. The van der Waals surface area contributed by atoms with Crippen LogP contribution in [0.15, 0.2) is 0 Å². The molecule has 0 bridgehead atoms. The highest BCUT2D eigenvalue weighted by molar-refractivity contribution is 4.82. The van der Waals surface area contributed by atoms with Crippen LogP contribution in [0.4, 0.5) is 0 Å². The van der Waals surface area contributed by atoms with E-state index in [1.54, 1.807) is 0 Å². The van der Waals surface area contributed by atoms with Gasteiger partial charge in [0.2, 0.25) is 0 Å². The molecule has 1 nitrogen and oxygen atoms in total. The first kappa shape index (κ1) is 11.5. The topological polar surface area (TPSA) is 23.8 Å². The lowest BCUT2D eigenvalue weighted by Crippen LogP contribution is -2.00. The fourth-order valence-corrected chi connectivity index (χ4v) is 1.31. The van der Waals surface area contributed by atoms with Crippen molar-refractivity contribution in [2.24, 2.45) is 11.8 Å². The van der Waals surface area contributed by atoms with Crippen LogP contribution in [0.25, 0.3) is 0 Å². The molecule has 0 aliphatic carbocycles. The number of hydrogen-bond acceptors (Lipinski definition) is 1. The Kier molecular flexibility index (Phi) is 6.85. The zero-order chi connectivity index (χ0) is 9.40. The van der Waals surface area contributed by atoms with Gasteiger partial charge < -0.3 is 0 Å². The predicted octanol–water partition coefficient (Wildman–Crippen LogP) is 3.75. The van der Waals surface area contributed by atoms with Gasteiger partial charge in [-0.25, -0.2) is 0 Å². The van der Waals surface area contributed by atoms with Crippen molar-refractivity contribution in [3.8, 4) is 6.07 Å². The molecule has 0 aromatic carbocycles. The van der Waals surface area contributed by atoms with E-state index in [0.717, 1.165) is 25.2 Å². The van der Waals surface area contributed by atoms with Crippen molar-refractivity contribution in [1.82, 2.24) is 0 Å². The van der Waals surface area contributed by atoms with Crippen molar-refractivity contribution in [3.05, 3.63) is 0 Å². The normalized spacial score (nSPS) is 15.2. The minimum Gasteiger partial charge on any atom is -0.198 e. The van der Waals surface area contributed by atoms with Gasteiger partial charge in [0.25, 0.3) is 0 Å². The van der Waals surface area contributed by atoms with Gasteiger partial charge in [-0.2, -0.15) is 5.26 Å². The zero-order valence-electron chi connectivity index (χ0n) is 8.64. The first-order chi connectivity index (χ1) is 5.74. The van der Waals surface area contributed by atoms with Gasteiger partial charge in [0.15, 0.2) is 0 Å². The van der Waals surface area contributed by atoms with Gasteiger partial charge in [0.1, 0.15) is 0 Å². The molecule has 0 saturated carbocycles. The Balaban J connectivity index is 3.52. The van der Waals surface area contributed by atoms with E-state index in [-0.39, 0.29) is 0 Å². The van der Waals surface area contributed by atoms with E-state index in [0.29, 0.717) is 5.92 Å². The van der Waals surface area contributed by atoms with Crippen molar-refractivity contribution in [3.63, 3.8) is 0 Å². The second-order valence-electron chi connectivity index (χ2n) is 3.71. The molecule has 0 fully saturated rings. The molecule has 0 aliphatic rings. The first-order valence-electron chi connectivity index (χ1n) is 5.14. The molecule has 0 radical (unpaired) electrons. The van der Waals surface area contributed by atoms with Gasteiger partial charge in [-0.05, 0) is 25.2 Å². The number of nitrogens with zero attached hydrogens (tertiary/aromatic N) is 1. The van der Waals surface area contributed by atoms with Crippen molar-refractivity contribution in [1.29, 1.82) is 5.26 Å². The molecule has 2 unspecified atom stereocenters. The van der Waals surface area contributed by atoms with Gasteiger partial charge in [-0.15, -0.1) is 0 Å². The highest BCUT2D eigenvalue weighted by atomic mass is 14.3. The first-order valence-corrected chi connectivity index (χ1v) is 5.14. The third-order valence-corrected chi connectivity index (χ3v) is 2.52. The van der Waals surface area contributed by atoms with E-state index in [4.69, 9.17) is 5.26 Å². The molecule has 0 saturated heterocycles. The summed E-state index contributed by atoms with van der Waals surface area (Å²) >= 11 is 0. The Labute approximate surface area is 76.8 Å². The largest absolute Gasteiger partial charge is 0.198 e. The Hall–Kier alpha value is -0.510. The third-order valence-electron chi connectivity index (χ3n) is 2.52. The van der Waals surface area contributed by atoms with E-state index in [1.165, 1.54) is 12.8 Å². The van der Waals surface area contributed by atoms with Crippen LogP contribution in [0.1, 0.15) is 52.9 Å². The summed E-state index contributed by atoms with van der Waals surface area (Å²) in [5.74, 6) is 1.10. The minimum absolute atomic E-state index is 0.309. The Morgan fingerprint density at radius 1 is 1.17 bits per heavy atom. The molecule has 0 heterocycles. The minimum atomic E-state index is 0.309. The molecule has 0 amide bonds. The summed E-state index contributed by atoms with van der Waals surface area (Å²) in [4.78, 5) is 0. The van der Waals surface area contributed by atoms with Gasteiger partial charge in [0.05, 0.1) is 6.07 Å². The fourth-order valence-electron chi connectivity index (χ4n) is 1.31. The second-order valence-corrected chi connectivity index (χ2v) is 3.71. The summed E-state index contributed by atoms with van der Waals surface area (Å²) in [7, 11) is 0. The smallest absolute Gasteiger partial charge is 0.0655 e. The van der Waals surface area contributed by atoms with Crippen LogP contribution in [0.3, 0.4) is 0 Å². The van der Waals surface area contributed by atoms with Gasteiger partial charge >= 0.3 is 0 Å². The van der Waals surface area contributed by atoms with Crippen LogP contribution in [0, 0.1) is 23.2 Å². The zero-order valence-corrected chi connectivity index (χ0v) is 8.64. The molecule has 0 aromatic rings. The van der Waals surface area contributed by atoms with Crippen molar-refractivity contribution in [2.75, 3.05) is 0 Å². The maximum Gasteiger partial charge on any atom is 0.0655 e. The van der Waals surface area contributed by atoms with Crippen molar-refractivity contribution >= 4 is 0 Å². The molecule has 1 heteroatoms. The van der Waals surface area contributed by atoms with E-state index >= 15 is 0 Å². The van der Waals surface area contributed by atoms with Gasteiger partial charge in [-0.1, -0.05) is 33.6 Å². The lowest BCUT2D eigenvalue weighted by atomic mass is 9.93. The quantitative estimate of drug-likeness (QED) is 0.591. The van der Waals surface area contributed by atoms with Crippen LogP contribution in [-0.4, -0.2) is 0 Å². The van der Waals surface area contributed by atoms with Crippen molar-refractivity contribution < 1.29 is 0 Å². The van der Waals surface area contributed by atoms with Crippen LogP contribution < -0.4 is 0 Å². The highest BCUT2D eigenvalue weighted by Crippen LogP contribution is 2.17. The molecule has 0 aromatic heterocycles. The number of rotatable bonds is 6. The third kappa shape index (κ3) is 5.18. The standard InChI is InChI=1S/C11H21N/c1-4-6-11(9-12)8-7-10(3)5-2/h10-11H,4-8H2,1-3H3. The summed E-state index contributed by atoms with van der Waals surface area (Å²) in [6.45, 7) is 6.62. The van der Waals surface area contributed by atoms with E-state index < -0.39 is 0 Å². The molecule has 12 heavy (non-hydrogen) atoms. The van der Waals surface area contributed by atoms with Gasteiger partial charge in [0, 0.05) is 5.92 Å². The maximum absolute atomic E-state index is 8.79. The number of nitriles is 1. The molecule has 70 valence electrons. The van der Waals surface area contributed by atoms with Crippen LogP contribution in [-0.2, 0) is 0 Å². The Bertz CT molecular complexity index is 134. The van der Waals surface area contributed by atoms with Gasteiger partial charge in [-0.3, -0.25) is 0 Å². The van der Waals surface area contributed by atoms with Crippen LogP contribution in [0.5, 0.6) is 0 Å². The summed E-state index contributed by atoms with van der Waals surface area (Å²) in [6, 6.07) is 2.38. The van der Waals surface area contributed by atoms with Crippen molar-refractivity contribution in [2.45, 2.75) is 52.9 Å². The fraction of sp³-hybridized carbons (Fsp3) is 0.909. The highest BCUT2D eigenvalue weighted by Gasteiger charge is 2.07. The monoisotopic (exact) mass is 167 g/mol.